The Balaban J connectivity index is 1.96. The molecule has 0 spiro atoms. The molecule has 0 unspecified atom stereocenters. The summed E-state index contributed by atoms with van der Waals surface area (Å²) in [5.74, 6) is -1.64. The van der Waals surface area contributed by atoms with Crippen molar-refractivity contribution in [1.29, 1.82) is 0 Å². The SMILES string of the molecule is CC[C@@H](C)[C@H](NC(=O)CCc1c[nH]c2ccccc12)C(=O)[O-]. The van der Waals surface area contributed by atoms with Crippen molar-refractivity contribution in [3.8, 4) is 0 Å². The number of carboxylic acid groups (broad SMARTS) is 1. The number of hydrogen-bond donors (Lipinski definition) is 2. The zero-order chi connectivity index (χ0) is 16.1. The number of aromatic nitrogens is 1. The third kappa shape index (κ3) is 3.67. The van der Waals surface area contributed by atoms with E-state index < -0.39 is 12.0 Å². The van der Waals surface area contributed by atoms with Gasteiger partial charge in [0, 0.05) is 23.5 Å². The van der Waals surface area contributed by atoms with Crippen LogP contribution in [0.1, 0.15) is 32.3 Å². The first-order valence-electron chi connectivity index (χ1n) is 7.58. The van der Waals surface area contributed by atoms with E-state index in [0.717, 1.165) is 16.5 Å². The maximum atomic E-state index is 12.0. The number of aliphatic carboxylic acids is 1. The van der Waals surface area contributed by atoms with Gasteiger partial charge in [0.25, 0.3) is 0 Å². The lowest BCUT2D eigenvalue weighted by Gasteiger charge is -2.25. The van der Waals surface area contributed by atoms with Crippen molar-refractivity contribution in [3.05, 3.63) is 36.0 Å². The number of para-hydroxylation sites is 1. The van der Waals surface area contributed by atoms with E-state index in [1.807, 2.05) is 37.4 Å². The van der Waals surface area contributed by atoms with Crippen LogP contribution in [0.2, 0.25) is 0 Å². The van der Waals surface area contributed by atoms with Gasteiger partial charge in [0.1, 0.15) is 0 Å². The molecule has 22 heavy (non-hydrogen) atoms. The molecule has 0 fully saturated rings. The third-order valence-corrected chi connectivity index (χ3v) is 4.08. The second-order valence-corrected chi connectivity index (χ2v) is 5.61. The molecule has 5 nitrogen and oxygen atoms in total. The summed E-state index contributed by atoms with van der Waals surface area (Å²) < 4.78 is 0. The fourth-order valence-electron chi connectivity index (χ4n) is 2.50. The molecule has 1 amide bonds. The smallest absolute Gasteiger partial charge is 0.220 e. The number of fused-ring (bicyclic) bond motifs is 1. The van der Waals surface area contributed by atoms with Gasteiger partial charge in [-0.25, -0.2) is 0 Å². The lowest BCUT2D eigenvalue weighted by atomic mass is 9.99. The molecule has 1 aromatic heterocycles. The highest BCUT2D eigenvalue weighted by molar-refractivity contribution is 5.85. The molecular formula is C17H21N2O3-. The minimum absolute atomic E-state index is 0.151. The predicted octanol–water partition coefficient (Wildman–Crippen LogP) is 1.38. The van der Waals surface area contributed by atoms with Crippen molar-refractivity contribution >= 4 is 22.8 Å². The Morgan fingerprint density at radius 3 is 2.73 bits per heavy atom. The summed E-state index contributed by atoms with van der Waals surface area (Å²) >= 11 is 0. The summed E-state index contributed by atoms with van der Waals surface area (Å²) in [5, 5.41) is 14.8. The molecule has 0 aliphatic heterocycles. The summed E-state index contributed by atoms with van der Waals surface area (Å²) in [6, 6.07) is 6.96. The van der Waals surface area contributed by atoms with Crippen LogP contribution in [0.3, 0.4) is 0 Å². The highest BCUT2D eigenvalue weighted by Gasteiger charge is 2.19. The first-order valence-corrected chi connectivity index (χ1v) is 7.58. The van der Waals surface area contributed by atoms with Gasteiger partial charge >= 0.3 is 0 Å². The summed E-state index contributed by atoms with van der Waals surface area (Å²) in [4.78, 5) is 26.3. The Hall–Kier alpha value is -2.30. The van der Waals surface area contributed by atoms with Crippen LogP contribution >= 0.6 is 0 Å². The maximum absolute atomic E-state index is 12.0. The number of amides is 1. The van der Waals surface area contributed by atoms with Crippen molar-refractivity contribution in [3.63, 3.8) is 0 Å². The van der Waals surface area contributed by atoms with E-state index in [1.165, 1.54) is 0 Å². The highest BCUT2D eigenvalue weighted by Crippen LogP contribution is 2.19. The van der Waals surface area contributed by atoms with E-state index in [-0.39, 0.29) is 18.2 Å². The molecule has 1 heterocycles. The van der Waals surface area contributed by atoms with Gasteiger partial charge in [0.15, 0.2) is 0 Å². The van der Waals surface area contributed by atoms with Crippen molar-refractivity contribution in [1.82, 2.24) is 10.3 Å². The third-order valence-electron chi connectivity index (χ3n) is 4.08. The first kappa shape index (κ1) is 16.1. The summed E-state index contributed by atoms with van der Waals surface area (Å²) in [6.07, 6.45) is 3.38. The van der Waals surface area contributed by atoms with Crippen molar-refractivity contribution < 1.29 is 14.7 Å². The molecule has 118 valence electrons. The van der Waals surface area contributed by atoms with Gasteiger partial charge in [-0.05, 0) is 24.0 Å². The van der Waals surface area contributed by atoms with E-state index in [1.54, 1.807) is 6.92 Å². The molecule has 0 saturated heterocycles. The molecule has 0 saturated carbocycles. The molecule has 2 rings (SSSR count). The Morgan fingerprint density at radius 1 is 1.32 bits per heavy atom. The van der Waals surface area contributed by atoms with Gasteiger partial charge in [-0.3, -0.25) is 4.79 Å². The number of H-pyrrole nitrogens is 1. The standard InChI is InChI=1S/C17H22N2O3/c1-3-11(2)16(17(21)22)19-15(20)9-8-12-10-18-14-7-5-4-6-13(12)14/h4-7,10-11,16,18H,3,8-9H2,1-2H3,(H,19,20)(H,21,22)/p-1/t11-,16+/m1/s1. The molecule has 5 heteroatoms. The lowest BCUT2D eigenvalue weighted by Crippen LogP contribution is -2.51. The quantitative estimate of drug-likeness (QED) is 0.810. The van der Waals surface area contributed by atoms with Crippen molar-refractivity contribution in [2.24, 2.45) is 5.92 Å². The number of aryl methyl sites for hydroxylation is 1. The average Bonchev–Trinajstić information content (AvgIpc) is 2.93. The minimum Gasteiger partial charge on any atom is -0.548 e. The zero-order valence-corrected chi connectivity index (χ0v) is 12.9. The normalized spacial score (nSPS) is 13.7. The fourth-order valence-corrected chi connectivity index (χ4v) is 2.50. The molecule has 2 atom stereocenters. The Morgan fingerprint density at radius 2 is 2.05 bits per heavy atom. The maximum Gasteiger partial charge on any atom is 0.220 e. The summed E-state index contributed by atoms with van der Waals surface area (Å²) in [5.41, 5.74) is 2.09. The summed E-state index contributed by atoms with van der Waals surface area (Å²) in [6.45, 7) is 3.68. The van der Waals surface area contributed by atoms with Gasteiger partial charge in [-0.15, -0.1) is 0 Å². The number of aromatic amines is 1. The van der Waals surface area contributed by atoms with Gasteiger partial charge in [-0.1, -0.05) is 38.5 Å². The van der Waals surface area contributed by atoms with E-state index in [9.17, 15) is 14.7 Å². The molecule has 2 aromatic rings. The molecule has 0 radical (unpaired) electrons. The second kappa shape index (κ2) is 7.11. The molecular weight excluding hydrogens is 280 g/mol. The van der Waals surface area contributed by atoms with Crippen LogP contribution in [0, 0.1) is 5.92 Å². The van der Waals surface area contributed by atoms with E-state index >= 15 is 0 Å². The number of benzene rings is 1. The van der Waals surface area contributed by atoms with Crippen LogP contribution in [-0.2, 0) is 16.0 Å². The van der Waals surface area contributed by atoms with Gasteiger partial charge in [0.2, 0.25) is 5.91 Å². The number of nitrogens with one attached hydrogen (secondary N) is 2. The van der Waals surface area contributed by atoms with Crippen LogP contribution in [0.5, 0.6) is 0 Å². The monoisotopic (exact) mass is 301 g/mol. The number of hydrogen-bond acceptors (Lipinski definition) is 3. The molecule has 2 N–H and O–H groups in total. The molecule has 0 bridgehead atoms. The zero-order valence-electron chi connectivity index (χ0n) is 12.9. The Kier molecular flexibility index (Phi) is 5.20. The molecule has 0 aliphatic rings. The van der Waals surface area contributed by atoms with E-state index in [0.29, 0.717) is 12.8 Å². The van der Waals surface area contributed by atoms with Gasteiger partial charge in [-0.2, -0.15) is 0 Å². The highest BCUT2D eigenvalue weighted by atomic mass is 16.4. The van der Waals surface area contributed by atoms with Crippen molar-refractivity contribution in [2.45, 2.75) is 39.2 Å². The van der Waals surface area contributed by atoms with Crippen LogP contribution in [0.4, 0.5) is 0 Å². The minimum atomic E-state index is -1.23. The molecule has 1 aromatic carbocycles. The first-order chi connectivity index (χ1) is 10.5. The number of rotatable bonds is 7. The number of carbonyl (C=O) groups excluding carboxylic acids is 2. The van der Waals surface area contributed by atoms with Crippen LogP contribution in [0.25, 0.3) is 10.9 Å². The Bertz CT molecular complexity index is 663. The van der Waals surface area contributed by atoms with E-state index in [2.05, 4.69) is 10.3 Å². The summed E-state index contributed by atoms with van der Waals surface area (Å²) in [7, 11) is 0. The second-order valence-electron chi connectivity index (χ2n) is 5.61. The predicted molar refractivity (Wildman–Crippen MR) is 83.0 cm³/mol. The fraction of sp³-hybridized carbons (Fsp3) is 0.412. The van der Waals surface area contributed by atoms with Gasteiger partial charge < -0.3 is 20.2 Å². The van der Waals surface area contributed by atoms with Crippen LogP contribution < -0.4 is 10.4 Å². The van der Waals surface area contributed by atoms with Crippen LogP contribution in [-0.4, -0.2) is 22.9 Å². The van der Waals surface area contributed by atoms with Gasteiger partial charge in [0.05, 0.1) is 12.0 Å². The van der Waals surface area contributed by atoms with Crippen LogP contribution in [0.15, 0.2) is 30.5 Å². The topological polar surface area (TPSA) is 85.0 Å². The molecule has 0 aliphatic carbocycles. The number of carbonyl (C=O) groups is 2. The Labute approximate surface area is 129 Å². The van der Waals surface area contributed by atoms with E-state index in [4.69, 9.17) is 0 Å². The number of carboxylic acids is 1. The average molecular weight is 301 g/mol. The lowest BCUT2D eigenvalue weighted by molar-refractivity contribution is -0.309. The van der Waals surface area contributed by atoms with Crippen molar-refractivity contribution in [2.75, 3.05) is 0 Å². The largest absolute Gasteiger partial charge is 0.548 e.